The highest BCUT2D eigenvalue weighted by molar-refractivity contribution is 5.67. The summed E-state index contributed by atoms with van der Waals surface area (Å²) in [5, 5.41) is 22.4. The number of halogens is 1. The second-order valence-corrected chi connectivity index (χ2v) is 5.79. The van der Waals surface area contributed by atoms with Gasteiger partial charge in [-0.25, -0.2) is 4.39 Å². The molecule has 2 unspecified atom stereocenters. The van der Waals surface area contributed by atoms with Gasteiger partial charge in [-0.2, -0.15) is 0 Å². The van der Waals surface area contributed by atoms with E-state index in [2.05, 4.69) is 19.2 Å². The Morgan fingerprint density at radius 3 is 2.57 bits per heavy atom. The van der Waals surface area contributed by atoms with Crippen LogP contribution in [0, 0.1) is 18.7 Å². The minimum Gasteiger partial charge on any atom is -0.481 e. The van der Waals surface area contributed by atoms with Crippen molar-refractivity contribution in [2.75, 3.05) is 6.54 Å². The highest BCUT2D eigenvalue weighted by atomic mass is 19.1. The van der Waals surface area contributed by atoms with Gasteiger partial charge < -0.3 is 15.5 Å². The van der Waals surface area contributed by atoms with Crippen molar-refractivity contribution in [3.8, 4) is 0 Å². The molecule has 0 saturated heterocycles. The van der Waals surface area contributed by atoms with Crippen LogP contribution in [0.25, 0.3) is 0 Å². The third-order valence-electron chi connectivity index (χ3n) is 3.43. The van der Waals surface area contributed by atoms with Gasteiger partial charge in [-0.05, 0) is 43.0 Å². The van der Waals surface area contributed by atoms with Crippen LogP contribution in [0.3, 0.4) is 0 Å². The number of aliphatic carboxylic acids is 1. The number of hydrogen-bond acceptors (Lipinski definition) is 3. The topological polar surface area (TPSA) is 69.6 Å². The zero-order valence-corrected chi connectivity index (χ0v) is 12.8. The number of hydrogen-bond donors (Lipinski definition) is 3. The van der Waals surface area contributed by atoms with Crippen molar-refractivity contribution in [3.63, 3.8) is 0 Å². The molecule has 0 radical (unpaired) electrons. The molecule has 0 aliphatic rings. The fourth-order valence-electron chi connectivity index (χ4n) is 2.13. The average Bonchev–Trinajstić information content (AvgIpc) is 2.39. The van der Waals surface area contributed by atoms with Gasteiger partial charge in [-0.1, -0.05) is 26.0 Å². The van der Waals surface area contributed by atoms with Crippen molar-refractivity contribution >= 4 is 5.97 Å². The van der Waals surface area contributed by atoms with Crippen molar-refractivity contribution in [1.29, 1.82) is 0 Å². The number of aliphatic hydroxyl groups excluding tert-OH is 1. The van der Waals surface area contributed by atoms with E-state index in [9.17, 15) is 14.3 Å². The predicted octanol–water partition coefficient (Wildman–Crippen LogP) is 2.65. The average molecular weight is 297 g/mol. The molecule has 0 spiro atoms. The Hall–Kier alpha value is -1.46. The first-order valence-corrected chi connectivity index (χ1v) is 7.20. The summed E-state index contributed by atoms with van der Waals surface area (Å²) in [6.45, 7) is 6.40. The first-order chi connectivity index (χ1) is 9.81. The van der Waals surface area contributed by atoms with Crippen LogP contribution in [-0.2, 0) is 4.79 Å². The lowest BCUT2D eigenvalue weighted by Crippen LogP contribution is -2.38. The van der Waals surface area contributed by atoms with E-state index in [0.29, 0.717) is 23.6 Å². The molecule has 0 aliphatic heterocycles. The van der Waals surface area contributed by atoms with Gasteiger partial charge in [0.05, 0.1) is 12.5 Å². The fraction of sp³-hybridized carbons (Fsp3) is 0.562. The lowest BCUT2D eigenvalue weighted by atomic mass is 9.97. The summed E-state index contributed by atoms with van der Waals surface area (Å²) in [5.41, 5.74) is 0.958. The molecule has 3 N–H and O–H groups in total. The Kier molecular flexibility index (Phi) is 6.78. The SMILES string of the molecule is Cc1cc(C(O)C(CC(=O)O)NCCC(C)C)ccc1F. The highest BCUT2D eigenvalue weighted by Gasteiger charge is 2.23. The smallest absolute Gasteiger partial charge is 0.305 e. The minimum atomic E-state index is -0.979. The molecule has 1 aromatic carbocycles. The largest absolute Gasteiger partial charge is 0.481 e. The predicted molar refractivity (Wildman–Crippen MR) is 79.6 cm³/mol. The van der Waals surface area contributed by atoms with E-state index in [1.165, 1.54) is 12.1 Å². The van der Waals surface area contributed by atoms with Gasteiger partial charge >= 0.3 is 5.97 Å². The molecule has 0 bridgehead atoms. The normalized spacial score (nSPS) is 14.2. The molecule has 5 heteroatoms. The van der Waals surface area contributed by atoms with E-state index < -0.39 is 18.1 Å². The van der Waals surface area contributed by atoms with Crippen molar-refractivity contribution < 1.29 is 19.4 Å². The number of aliphatic hydroxyl groups is 1. The second kappa shape index (κ2) is 8.10. The lowest BCUT2D eigenvalue weighted by Gasteiger charge is -2.24. The number of carboxylic acids is 1. The molecule has 118 valence electrons. The molecule has 0 aromatic heterocycles. The molecule has 0 heterocycles. The first-order valence-electron chi connectivity index (χ1n) is 7.20. The van der Waals surface area contributed by atoms with Crippen LogP contribution in [0.2, 0.25) is 0 Å². The number of carboxylic acid groups (broad SMARTS) is 1. The molecular formula is C16H24FNO3. The first kappa shape index (κ1) is 17.6. The highest BCUT2D eigenvalue weighted by Crippen LogP contribution is 2.21. The van der Waals surface area contributed by atoms with Crippen LogP contribution < -0.4 is 5.32 Å². The summed E-state index contributed by atoms with van der Waals surface area (Å²) in [6.07, 6.45) is -0.270. The van der Waals surface area contributed by atoms with Gasteiger partial charge in [0.2, 0.25) is 0 Å². The van der Waals surface area contributed by atoms with Crippen molar-refractivity contribution in [1.82, 2.24) is 5.32 Å². The standard InChI is InChI=1S/C16H24FNO3/c1-10(2)6-7-18-14(9-15(19)20)16(21)12-4-5-13(17)11(3)8-12/h4-5,8,10,14,16,18,21H,6-7,9H2,1-3H3,(H,19,20). The van der Waals surface area contributed by atoms with E-state index in [1.807, 2.05) is 0 Å². The molecule has 0 saturated carbocycles. The van der Waals surface area contributed by atoms with Gasteiger partial charge in [0.1, 0.15) is 5.82 Å². The van der Waals surface area contributed by atoms with Crippen LogP contribution >= 0.6 is 0 Å². The van der Waals surface area contributed by atoms with Crippen LogP contribution in [0.4, 0.5) is 4.39 Å². The van der Waals surface area contributed by atoms with Gasteiger partial charge in [0.25, 0.3) is 0 Å². The Balaban J connectivity index is 2.79. The monoisotopic (exact) mass is 297 g/mol. The molecule has 21 heavy (non-hydrogen) atoms. The fourth-order valence-corrected chi connectivity index (χ4v) is 2.13. The van der Waals surface area contributed by atoms with Gasteiger partial charge in [-0.15, -0.1) is 0 Å². The molecule has 1 aromatic rings. The lowest BCUT2D eigenvalue weighted by molar-refractivity contribution is -0.138. The van der Waals surface area contributed by atoms with Crippen LogP contribution in [0.15, 0.2) is 18.2 Å². The van der Waals surface area contributed by atoms with Crippen molar-refractivity contribution in [3.05, 3.63) is 35.1 Å². The number of rotatable bonds is 8. The molecule has 0 aliphatic carbocycles. The Bertz CT molecular complexity index is 477. The second-order valence-electron chi connectivity index (χ2n) is 5.79. The third-order valence-corrected chi connectivity index (χ3v) is 3.43. The van der Waals surface area contributed by atoms with E-state index in [4.69, 9.17) is 5.11 Å². The van der Waals surface area contributed by atoms with Gasteiger partial charge in [-0.3, -0.25) is 4.79 Å². The summed E-state index contributed by atoms with van der Waals surface area (Å²) in [6, 6.07) is 3.75. The van der Waals surface area contributed by atoms with E-state index in [1.54, 1.807) is 13.0 Å². The number of carbonyl (C=O) groups is 1. The molecule has 2 atom stereocenters. The third kappa shape index (κ3) is 5.81. The van der Waals surface area contributed by atoms with E-state index >= 15 is 0 Å². The van der Waals surface area contributed by atoms with Crippen molar-refractivity contribution in [2.45, 2.75) is 45.8 Å². The molecule has 0 amide bonds. The molecule has 4 nitrogen and oxygen atoms in total. The Morgan fingerprint density at radius 2 is 2.05 bits per heavy atom. The van der Waals surface area contributed by atoms with Gasteiger partial charge in [0, 0.05) is 6.04 Å². The van der Waals surface area contributed by atoms with E-state index in [-0.39, 0.29) is 12.2 Å². The summed E-state index contributed by atoms with van der Waals surface area (Å²) in [4.78, 5) is 11.0. The summed E-state index contributed by atoms with van der Waals surface area (Å²) >= 11 is 0. The molecule has 1 rings (SSSR count). The van der Waals surface area contributed by atoms with Crippen LogP contribution in [-0.4, -0.2) is 28.8 Å². The Labute approximate surface area is 125 Å². The van der Waals surface area contributed by atoms with E-state index in [0.717, 1.165) is 6.42 Å². The van der Waals surface area contributed by atoms with Crippen LogP contribution in [0.1, 0.15) is 43.9 Å². The summed E-state index contributed by atoms with van der Waals surface area (Å²) in [5.74, 6) is -0.823. The maximum absolute atomic E-state index is 13.3. The maximum Gasteiger partial charge on any atom is 0.305 e. The minimum absolute atomic E-state index is 0.185. The number of benzene rings is 1. The quantitative estimate of drug-likeness (QED) is 0.690. The zero-order chi connectivity index (χ0) is 16.0. The van der Waals surface area contributed by atoms with Gasteiger partial charge in [0.15, 0.2) is 0 Å². The summed E-state index contributed by atoms with van der Waals surface area (Å²) in [7, 11) is 0. The number of nitrogens with one attached hydrogen (secondary N) is 1. The van der Waals surface area contributed by atoms with Crippen LogP contribution in [0.5, 0.6) is 0 Å². The summed E-state index contributed by atoms with van der Waals surface area (Å²) < 4.78 is 13.3. The zero-order valence-electron chi connectivity index (χ0n) is 12.8. The molecular weight excluding hydrogens is 273 g/mol. The molecule has 0 fully saturated rings. The van der Waals surface area contributed by atoms with Crippen molar-refractivity contribution in [2.24, 2.45) is 5.92 Å². The maximum atomic E-state index is 13.3. The Morgan fingerprint density at radius 1 is 1.38 bits per heavy atom. The number of aryl methyl sites for hydroxylation is 1.